The van der Waals surface area contributed by atoms with Gasteiger partial charge in [-0.1, -0.05) is 54.6 Å². The summed E-state index contributed by atoms with van der Waals surface area (Å²) in [6.07, 6.45) is 5.20. The van der Waals surface area contributed by atoms with Gasteiger partial charge >= 0.3 is 0 Å². The minimum atomic E-state index is -0.142. The van der Waals surface area contributed by atoms with Crippen LogP contribution >= 0.6 is 0 Å². The minimum absolute atomic E-state index is 0.0806. The number of nitrogens with one attached hydrogen (secondary N) is 1. The number of carbonyl (C=O) groups excluding carboxylic acids is 2. The molecule has 1 fully saturated rings. The summed E-state index contributed by atoms with van der Waals surface area (Å²) >= 11 is 0. The van der Waals surface area contributed by atoms with Crippen molar-refractivity contribution in [2.45, 2.75) is 52.6 Å². The maximum Gasteiger partial charge on any atom is 0.247 e. The Labute approximate surface area is 183 Å². The molecule has 31 heavy (non-hydrogen) atoms. The molecule has 2 aromatic rings. The summed E-state index contributed by atoms with van der Waals surface area (Å²) in [7, 11) is 0. The van der Waals surface area contributed by atoms with Crippen LogP contribution in [0.2, 0.25) is 0 Å². The first-order valence-corrected chi connectivity index (χ1v) is 11.0. The summed E-state index contributed by atoms with van der Waals surface area (Å²) in [5, 5.41) is 11.3. The third-order valence-electron chi connectivity index (χ3n) is 6.86. The van der Waals surface area contributed by atoms with Crippen LogP contribution in [0.5, 0.6) is 0 Å². The van der Waals surface area contributed by atoms with Crippen molar-refractivity contribution in [3.63, 3.8) is 0 Å². The van der Waals surface area contributed by atoms with Gasteiger partial charge in [-0.2, -0.15) is 0 Å². The molecule has 3 atom stereocenters. The SMILES string of the molecule is C=C(C(=O)NCc1cn(Cc2ccccc2)nn1)[C@@H]1CC[C@H](C)[C@@H]2CC(=O)C(C)=C2C1. The lowest BCUT2D eigenvalue weighted by Crippen LogP contribution is -2.27. The summed E-state index contributed by atoms with van der Waals surface area (Å²) in [5.41, 5.74) is 4.62. The first kappa shape index (κ1) is 21.2. The minimum Gasteiger partial charge on any atom is -0.347 e. The molecule has 2 aliphatic rings. The van der Waals surface area contributed by atoms with Gasteiger partial charge in [0.2, 0.25) is 5.91 Å². The second-order valence-electron chi connectivity index (χ2n) is 8.94. The number of fused-ring (bicyclic) bond motifs is 1. The lowest BCUT2D eigenvalue weighted by Gasteiger charge is -2.19. The molecule has 4 rings (SSSR count). The maximum absolute atomic E-state index is 12.8. The van der Waals surface area contributed by atoms with E-state index in [2.05, 4.69) is 29.1 Å². The molecule has 6 heteroatoms. The second kappa shape index (κ2) is 9.00. The Morgan fingerprint density at radius 3 is 2.77 bits per heavy atom. The highest BCUT2D eigenvalue weighted by Crippen LogP contribution is 2.45. The summed E-state index contributed by atoms with van der Waals surface area (Å²) in [4.78, 5) is 25.0. The monoisotopic (exact) mass is 418 g/mol. The van der Waals surface area contributed by atoms with Gasteiger partial charge in [-0.15, -0.1) is 5.10 Å². The molecule has 2 aliphatic carbocycles. The van der Waals surface area contributed by atoms with Crippen LogP contribution in [0.25, 0.3) is 0 Å². The Kier molecular flexibility index (Phi) is 6.16. The third-order valence-corrected chi connectivity index (χ3v) is 6.86. The molecule has 0 radical (unpaired) electrons. The Morgan fingerprint density at radius 1 is 1.23 bits per heavy atom. The summed E-state index contributed by atoms with van der Waals surface area (Å²) in [5.74, 6) is 1.01. The van der Waals surface area contributed by atoms with Crippen molar-refractivity contribution in [3.05, 3.63) is 71.1 Å². The molecule has 1 saturated carbocycles. The van der Waals surface area contributed by atoms with Gasteiger partial charge < -0.3 is 5.32 Å². The van der Waals surface area contributed by atoms with Gasteiger partial charge in [0.1, 0.15) is 5.69 Å². The zero-order valence-corrected chi connectivity index (χ0v) is 18.3. The van der Waals surface area contributed by atoms with Crippen LogP contribution in [-0.4, -0.2) is 26.7 Å². The smallest absolute Gasteiger partial charge is 0.247 e. The van der Waals surface area contributed by atoms with Gasteiger partial charge in [0, 0.05) is 12.0 Å². The van der Waals surface area contributed by atoms with E-state index < -0.39 is 0 Å². The van der Waals surface area contributed by atoms with E-state index in [4.69, 9.17) is 0 Å². The molecule has 0 saturated heterocycles. The lowest BCUT2D eigenvalue weighted by molar-refractivity contribution is -0.118. The highest BCUT2D eigenvalue weighted by Gasteiger charge is 2.37. The fourth-order valence-corrected chi connectivity index (χ4v) is 4.85. The van der Waals surface area contributed by atoms with Crippen molar-refractivity contribution in [2.24, 2.45) is 17.8 Å². The van der Waals surface area contributed by atoms with Crippen LogP contribution < -0.4 is 5.32 Å². The fourth-order valence-electron chi connectivity index (χ4n) is 4.85. The van der Waals surface area contributed by atoms with Gasteiger partial charge in [0.25, 0.3) is 0 Å². The van der Waals surface area contributed by atoms with Gasteiger partial charge in [0.15, 0.2) is 5.78 Å². The van der Waals surface area contributed by atoms with Crippen molar-refractivity contribution < 1.29 is 9.59 Å². The molecule has 1 amide bonds. The fraction of sp³-hybridized carbons (Fsp3) is 0.440. The van der Waals surface area contributed by atoms with E-state index in [1.165, 1.54) is 5.57 Å². The summed E-state index contributed by atoms with van der Waals surface area (Å²) < 4.78 is 1.77. The zero-order chi connectivity index (χ0) is 22.0. The zero-order valence-electron chi connectivity index (χ0n) is 18.3. The van der Waals surface area contributed by atoms with Crippen molar-refractivity contribution in [1.82, 2.24) is 20.3 Å². The summed E-state index contributed by atoms with van der Waals surface area (Å²) in [6, 6.07) is 10.1. The van der Waals surface area contributed by atoms with Crippen molar-refractivity contribution in [2.75, 3.05) is 0 Å². The van der Waals surface area contributed by atoms with E-state index in [9.17, 15) is 9.59 Å². The molecular weight excluding hydrogens is 388 g/mol. The highest BCUT2D eigenvalue weighted by molar-refractivity contribution is 5.99. The summed E-state index contributed by atoms with van der Waals surface area (Å²) in [6.45, 7) is 9.24. The second-order valence-corrected chi connectivity index (χ2v) is 8.94. The van der Waals surface area contributed by atoms with Gasteiger partial charge in [0.05, 0.1) is 19.3 Å². The number of hydrogen-bond acceptors (Lipinski definition) is 4. The molecular formula is C25H30N4O2. The molecule has 0 bridgehead atoms. The van der Waals surface area contributed by atoms with Crippen molar-refractivity contribution in [1.29, 1.82) is 0 Å². The molecule has 6 nitrogen and oxygen atoms in total. The van der Waals surface area contributed by atoms with Crippen LogP contribution in [0.4, 0.5) is 0 Å². The number of amides is 1. The van der Waals surface area contributed by atoms with E-state index in [0.717, 1.165) is 30.4 Å². The third kappa shape index (κ3) is 4.68. The Bertz CT molecular complexity index is 1020. The molecule has 1 N–H and O–H groups in total. The van der Waals surface area contributed by atoms with Crippen LogP contribution in [0, 0.1) is 17.8 Å². The topological polar surface area (TPSA) is 76.9 Å². The Morgan fingerprint density at radius 2 is 2.00 bits per heavy atom. The molecule has 0 spiro atoms. The predicted molar refractivity (Wildman–Crippen MR) is 119 cm³/mol. The average molecular weight is 419 g/mol. The number of rotatable bonds is 6. The standard InChI is InChI=1S/C25H30N4O2/c1-16-9-10-20(11-23-18(3)24(30)12-22(16)23)17(2)25(31)26-13-21-15-29(28-27-21)14-19-7-5-4-6-8-19/h4-8,15-16,20,22H,2,9-14H2,1,3H3,(H,26,31)/t16-,20+,22-/m0/s1. The van der Waals surface area contributed by atoms with Crippen LogP contribution in [-0.2, 0) is 22.7 Å². The number of benzene rings is 1. The van der Waals surface area contributed by atoms with Crippen LogP contribution in [0.15, 0.2) is 59.8 Å². The average Bonchev–Trinajstić information content (AvgIpc) is 3.28. The number of allylic oxidation sites excluding steroid dienone is 2. The highest BCUT2D eigenvalue weighted by atomic mass is 16.1. The Hall–Kier alpha value is -3.02. The van der Waals surface area contributed by atoms with E-state index >= 15 is 0 Å². The van der Waals surface area contributed by atoms with Crippen LogP contribution in [0.3, 0.4) is 0 Å². The van der Waals surface area contributed by atoms with E-state index in [1.54, 1.807) is 4.68 Å². The molecule has 0 unspecified atom stereocenters. The maximum atomic E-state index is 12.8. The quantitative estimate of drug-likeness (QED) is 0.723. The molecule has 1 heterocycles. The Balaban J connectivity index is 1.35. The number of hydrogen-bond donors (Lipinski definition) is 1. The van der Waals surface area contributed by atoms with Gasteiger partial charge in [-0.3, -0.25) is 9.59 Å². The van der Waals surface area contributed by atoms with Gasteiger partial charge in [-0.05, 0) is 55.1 Å². The lowest BCUT2D eigenvalue weighted by atomic mass is 9.86. The normalized spacial score (nSPS) is 23.4. The van der Waals surface area contributed by atoms with Crippen molar-refractivity contribution in [3.8, 4) is 0 Å². The number of carbonyl (C=O) groups is 2. The number of ketones is 1. The van der Waals surface area contributed by atoms with Gasteiger partial charge in [-0.25, -0.2) is 4.68 Å². The number of aromatic nitrogens is 3. The number of nitrogens with zero attached hydrogens (tertiary/aromatic N) is 3. The number of Topliss-reactive ketones (excluding diaryl/α,β-unsaturated/α-hetero) is 1. The van der Waals surface area contributed by atoms with Crippen LogP contribution in [0.1, 0.15) is 50.8 Å². The molecule has 0 aliphatic heterocycles. The largest absolute Gasteiger partial charge is 0.347 e. The predicted octanol–water partition coefficient (Wildman–Crippen LogP) is 3.84. The molecule has 1 aromatic heterocycles. The molecule has 1 aromatic carbocycles. The van der Waals surface area contributed by atoms with E-state index in [-0.39, 0.29) is 17.6 Å². The van der Waals surface area contributed by atoms with Crippen molar-refractivity contribution >= 4 is 11.7 Å². The first-order chi connectivity index (χ1) is 14.9. The first-order valence-electron chi connectivity index (χ1n) is 11.0. The molecule has 162 valence electrons. The van der Waals surface area contributed by atoms with E-state index in [1.807, 2.05) is 43.5 Å². The van der Waals surface area contributed by atoms with E-state index in [0.29, 0.717) is 42.6 Å².